The Balaban J connectivity index is 1.53. The molecule has 0 aliphatic carbocycles. The van der Waals surface area contributed by atoms with E-state index < -0.39 is 0 Å². The maximum absolute atomic E-state index is 12.8. The standard InChI is InChI=1S/C23H23NO4/c1-3-6-16-12-23(26)28-21-13-18(9-10-19(16)21)27-14-22(25)24-15(2)11-17-7-4-5-8-20(17)24/h4-5,7-10,12-13,15H,3,6,11,14H2,1-2H3/t15-/m1/s1. The third kappa shape index (κ3) is 3.40. The molecule has 28 heavy (non-hydrogen) atoms. The molecule has 4 rings (SSSR count). The van der Waals surface area contributed by atoms with E-state index in [0.29, 0.717) is 11.3 Å². The molecule has 1 aliphatic rings. The first-order valence-electron chi connectivity index (χ1n) is 9.66. The fourth-order valence-corrected chi connectivity index (χ4v) is 3.94. The summed E-state index contributed by atoms with van der Waals surface area (Å²) >= 11 is 0. The number of hydrogen-bond acceptors (Lipinski definition) is 4. The van der Waals surface area contributed by atoms with Crippen molar-refractivity contribution in [2.45, 2.75) is 39.2 Å². The van der Waals surface area contributed by atoms with Gasteiger partial charge in [-0.1, -0.05) is 31.5 Å². The van der Waals surface area contributed by atoms with Gasteiger partial charge in [-0.05, 0) is 49.1 Å². The number of para-hydroxylation sites is 1. The summed E-state index contributed by atoms with van der Waals surface area (Å²) in [5.41, 5.74) is 3.22. The Kier molecular flexibility index (Phi) is 4.90. The number of benzene rings is 2. The fourth-order valence-electron chi connectivity index (χ4n) is 3.94. The number of aryl methyl sites for hydroxylation is 1. The Morgan fingerprint density at radius 2 is 2.04 bits per heavy atom. The summed E-state index contributed by atoms with van der Waals surface area (Å²) in [5, 5.41) is 0.905. The molecule has 144 valence electrons. The van der Waals surface area contributed by atoms with Crippen molar-refractivity contribution in [3.63, 3.8) is 0 Å². The first-order valence-corrected chi connectivity index (χ1v) is 9.66. The molecule has 5 heteroatoms. The van der Waals surface area contributed by atoms with Gasteiger partial charge in [-0.3, -0.25) is 4.79 Å². The van der Waals surface area contributed by atoms with Gasteiger partial charge < -0.3 is 14.1 Å². The fraction of sp³-hybridized carbons (Fsp3) is 0.304. The van der Waals surface area contributed by atoms with Gasteiger partial charge in [0.1, 0.15) is 11.3 Å². The van der Waals surface area contributed by atoms with Crippen molar-refractivity contribution in [3.05, 3.63) is 70.1 Å². The highest BCUT2D eigenvalue weighted by Crippen LogP contribution is 2.32. The molecule has 1 aliphatic heterocycles. The molecule has 0 unspecified atom stereocenters. The van der Waals surface area contributed by atoms with Crippen LogP contribution in [0.5, 0.6) is 5.75 Å². The number of carbonyl (C=O) groups excluding carboxylic acids is 1. The maximum Gasteiger partial charge on any atom is 0.336 e. The minimum atomic E-state index is -0.369. The molecule has 3 aromatic rings. The first-order chi connectivity index (χ1) is 13.6. The Morgan fingerprint density at radius 3 is 2.86 bits per heavy atom. The second-order valence-corrected chi connectivity index (χ2v) is 7.23. The summed E-state index contributed by atoms with van der Waals surface area (Å²) in [7, 11) is 0. The van der Waals surface area contributed by atoms with Gasteiger partial charge in [-0.2, -0.15) is 0 Å². The molecular formula is C23H23NO4. The minimum absolute atomic E-state index is 0.0664. The number of anilines is 1. The average Bonchev–Trinajstić information content (AvgIpc) is 3.01. The molecule has 0 saturated carbocycles. The summed E-state index contributed by atoms with van der Waals surface area (Å²) in [5.74, 6) is 0.427. The molecule has 1 aromatic heterocycles. The van der Waals surface area contributed by atoms with Crippen LogP contribution in [-0.2, 0) is 17.6 Å². The molecule has 0 spiro atoms. The third-order valence-electron chi connectivity index (χ3n) is 5.16. The topological polar surface area (TPSA) is 59.8 Å². The molecule has 1 atom stereocenters. The molecule has 0 saturated heterocycles. The first kappa shape index (κ1) is 18.3. The number of nitrogens with zero attached hydrogens (tertiary/aromatic N) is 1. The van der Waals surface area contributed by atoms with Crippen molar-refractivity contribution in [2.75, 3.05) is 11.5 Å². The Hall–Kier alpha value is -3.08. The predicted octanol–water partition coefficient (Wildman–Crippen LogP) is 4.10. The van der Waals surface area contributed by atoms with Crippen LogP contribution in [0.25, 0.3) is 11.0 Å². The highest BCUT2D eigenvalue weighted by atomic mass is 16.5. The molecule has 5 nitrogen and oxygen atoms in total. The van der Waals surface area contributed by atoms with Crippen LogP contribution in [0.15, 0.2) is 57.7 Å². The van der Waals surface area contributed by atoms with Gasteiger partial charge in [0.25, 0.3) is 5.91 Å². The van der Waals surface area contributed by atoms with Crippen molar-refractivity contribution in [1.29, 1.82) is 0 Å². The van der Waals surface area contributed by atoms with Crippen molar-refractivity contribution in [1.82, 2.24) is 0 Å². The normalized spacial score (nSPS) is 15.6. The van der Waals surface area contributed by atoms with Gasteiger partial charge in [-0.25, -0.2) is 4.79 Å². The molecular weight excluding hydrogens is 354 g/mol. The Labute approximate surface area is 163 Å². The van der Waals surface area contributed by atoms with Crippen molar-refractivity contribution < 1.29 is 13.9 Å². The minimum Gasteiger partial charge on any atom is -0.484 e. The molecule has 0 fully saturated rings. The highest BCUT2D eigenvalue weighted by molar-refractivity contribution is 5.97. The molecule has 2 aromatic carbocycles. The summed E-state index contributed by atoms with van der Waals surface area (Å²) in [6, 6.07) is 15.0. The summed E-state index contributed by atoms with van der Waals surface area (Å²) < 4.78 is 11.1. The second kappa shape index (κ2) is 7.50. The van der Waals surface area contributed by atoms with Crippen LogP contribution >= 0.6 is 0 Å². The van der Waals surface area contributed by atoms with Crippen LogP contribution in [0.4, 0.5) is 5.69 Å². The number of fused-ring (bicyclic) bond motifs is 2. The zero-order chi connectivity index (χ0) is 19.7. The Morgan fingerprint density at radius 1 is 1.21 bits per heavy atom. The Bertz CT molecular complexity index is 1090. The van der Waals surface area contributed by atoms with Gasteiger partial charge >= 0.3 is 5.63 Å². The van der Waals surface area contributed by atoms with Gasteiger partial charge in [0.2, 0.25) is 0 Å². The van der Waals surface area contributed by atoms with Crippen LogP contribution in [0, 0.1) is 0 Å². The SMILES string of the molecule is CCCc1cc(=O)oc2cc(OCC(=O)N3c4ccccc4C[C@H]3C)ccc12. The highest BCUT2D eigenvalue weighted by Gasteiger charge is 2.30. The number of ether oxygens (including phenoxy) is 1. The van der Waals surface area contributed by atoms with Gasteiger partial charge in [0, 0.05) is 29.2 Å². The van der Waals surface area contributed by atoms with E-state index in [1.54, 1.807) is 17.0 Å². The summed E-state index contributed by atoms with van der Waals surface area (Å²) in [6.45, 7) is 4.04. The van der Waals surface area contributed by atoms with Crippen LogP contribution in [0.1, 0.15) is 31.4 Å². The molecule has 1 amide bonds. The van der Waals surface area contributed by atoms with E-state index in [4.69, 9.17) is 9.15 Å². The van der Waals surface area contributed by atoms with Crippen LogP contribution < -0.4 is 15.3 Å². The number of carbonyl (C=O) groups is 1. The maximum atomic E-state index is 12.8. The number of hydrogen-bond donors (Lipinski definition) is 0. The van der Waals surface area contributed by atoms with Crippen molar-refractivity contribution in [3.8, 4) is 5.75 Å². The van der Waals surface area contributed by atoms with Crippen LogP contribution in [-0.4, -0.2) is 18.6 Å². The van der Waals surface area contributed by atoms with Crippen molar-refractivity contribution in [2.24, 2.45) is 0 Å². The van der Waals surface area contributed by atoms with Gasteiger partial charge in [0.05, 0.1) is 0 Å². The lowest BCUT2D eigenvalue weighted by Gasteiger charge is -2.22. The lowest BCUT2D eigenvalue weighted by molar-refractivity contribution is -0.120. The number of rotatable bonds is 5. The van der Waals surface area contributed by atoms with Gasteiger partial charge in [0.15, 0.2) is 6.61 Å². The van der Waals surface area contributed by atoms with E-state index in [1.165, 1.54) is 5.56 Å². The average molecular weight is 377 g/mol. The van der Waals surface area contributed by atoms with E-state index in [-0.39, 0.29) is 24.2 Å². The third-order valence-corrected chi connectivity index (χ3v) is 5.16. The summed E-state index contributed by atoms with van der Waals surface area (Å²) in [4.78, 5) is 26.4. The van der Waals surface area contributed by atoms with Crippen LogP contribution in [0.2, 0.25) is 0 Å². The smallest absolute Gasteiger partial charge is 0.336 e. The largest absolute Gasteiger partial charge is 0.484 e. The molecule has 0 bridgehead atoms. The predicted molar refractivity (Wildman–Crippen MR) is 109 cm³/mol. The van der Waals surface area contributed by atoms with Crippen molar-refractivity contribution >= 4 is 22.6 Å². The van der Waals surface area contributed by atoms with E-state index in [9.17, 15) is 9.59 Å². The van der Waals surface area contributed by atoms with Crippen LogP contribution in [0.3, 0.4) is 0 Å². The lowest BCUT2D eigenvalue weighted by Crippen LogP contribution is -2.39. The van der Waals surface area contributed by atoms with E-state index in [2.05, 4.69) is 13.0 Å². The zero-order valence-corrected chi connectivity index (χ0v) is 16.1. The van der Waals surface area contributed by atoms with Gasteiger partial charge in [-0.15, -0.1) is 0 Å². The van der Waals surface area contributed by atoms with E-state index >= 15 is 0 Å². The number of amides is 1. The molecule has 2 heterocycles. The quantitative estimate of drug-likeness (QED) is 0.628. The van der Waals surface area contributed by atoms with E-state index in [1.807, 2.05) is 37.3 Å². The monoisotopic (exact) mass is 377 g/mol. The summed E-state index contributed by atoms with van der Waals surface area (Å²) in [6.07, 6.45) is 2.61. The zero-order valence-electron chi connectivity index (χ0n) is 16.1. The second-order valence-electron chi connectivity index (χ2n) is 7.23. The van der Waals surface area contributed by atoms with E-state index in [0.717, 1.165) is 35.9 Å². The molecule has 0 N–H and O–H groups in total. The molecule has 0 radical (unpaired) electrons. The lowest BCUT2D eigenvalue weighted by atomic mass is 10.1.